The summed E-state index contributed by atoms with van der Waals surface area (Å²) in [6, 6.07) is -0.196. The van der Waals surface area contributed by atoms with Gasteiger partial charge in [-0.3, -0.25) is 14.9 Å². The van der Waals surface area contributed by atoms with E-state index in [-0.39, 0.29) is 23.4 Å². The molecule has 3 aliphatic heterocycles. The van der Waals surface area contributed by atoms with Gasteiger partial charge in [0.15, 0.2) is 0 Å². The highest BCUT2D eigenvalue weighted by molar-refractivity contribution is 5.83. The van der Waals surface area contributed by atoms with E-state index in [0.29, 0.717) is 12.8 Å². The molecule has 0 aromatic carbocycles. The maximum absolute atomic E-state index is 13.0. The second-order valence-corrected chi connectivity index (χ2v) is 8.23. The summed E-state index contributed by atoms with van der Waals surface area (Å²) >= 11 is 0. The molecule has 2 fully saturated rings. The van der Waals surface area contributed by atoms with Gasteiger partial charge in [0, 0.05) is 44.7 Å². The van der Waals surface area contributed by atoms with Gasteiger partial charge in [0.25, 0.3) is 0 Å². The van der Waals surface area contributed by atoms with Gasteiger partial charge in [-0.1, -0.05) is 13.3 Å². The molecular weight excluding hydrogens is 342 g/mol. The molecule has 1 aromatic rings. The average Bonchev–Trinajstić information content (AvgIpc) is 3.38. The molecule has 148 valence electrons. The first-order valence-electron chi connectivity index (χ1n) is 10.5. The molecule has 0 saturated carbocycles. The highest BCUT2D eigenvalue weighted by Crippen LogP contribution is 2.38. The molecule has 3 aliphatic rings. The van der Waals surface area contributed by atoms with Crippen LogP contribution in [0.1, 0.15) is 63.3 Å². The number of rotatable bonds is 4. The van der Waals surface area contributed by atoms with Crippen LogP contribution in [0, 0.1) is 0 Å². The lowest BCUT2D eigenvalue weighted by atomic mass is 9.78. The number of hydrogen-bond acceptors (Lipinski definition) is 4. The van der Waals surface area contributed by atoms with Crippen LogP contribution in [0.4, 0.5) is 0 Å². The summed E-state index contributed by atoms with van der Waals surface area (Å²) in [6.07, 6.45) is 8.89. The average molecular weight is 374 g/mol. The molecule has 2 amide bonds. The van der Waals surface area contributed by atoms with Crippen LogP contribution in [-0.4, -0.2) is 63.8 Å². The highest BCUT2D eigenvalue weighted by Gasteiger charge is 2.47. The van der Waals surface area contributed by atoms with Crippen LogP contribution in [0.5, 0.6) is 0 Å². The summed E-state index contributed by atoms with van der Waals surface area (Å²) in [5.74, 6) is 0.475. The predicted octanol–water partition coefficient (Wildman–Crippen LogP) is 1.55. The summed E-state index contributed by atoms with van der Waals surface area (Å²) < 4.78 is 0. The lowest BCUT2D eigenvalue weighted by Gasteiger charge is -2.46. The van der Waals surface area contributed by atoms with E-state index in [9.17, 15) is 9.59 Å². The van der Waals surface area contributed by atoms with Crippen molar-refractivity contribution in [3.63, 3.8) is 0 Å². The Balaban J connectivity index is 1.48. The molecule has 7 nitrogen and oxygen atoms in total. The molecule has 0 bridgehead atoms. The van der Waals surface area contributed by atoms with E-state index in [2.05, 4.69) is 22.2 Å². The van der Waals surface area contributed by atoms with Gasteiger partial charge < -0.3 is 14.8 Å². The Labute approximate surface area is 160 Å². The SMILES string of the molecule is CCCCC(=O)N1CCC2(CC1)N[C@H](C(=O)N1CCCC1)Cc1[nH]cnc12. The number of nitrogens with zero attached hydrogens (tertiary/aromatic N) is 3. The first-order valence-corrected chi connectivity index (χ1v) is 10.5. The predicted molar refractivity (Wildman–Crippen MR) is 102 cm³/mol. The molecule has 0 unspecified atom stereocenters. The second-order valence-electron chi connectivity index (χ2n) is 8.23. The molecule has 2 saturated heterocycles. The minimum absolute atomic E-state index is 0.196. The first kappa shape index (κ1) is 18.5. The molecule has 1 atom stereocenters. The number of H-pyrrole nitrogens is 1. The first-order chi connectivity index (χ1) is 13.1. The van der Waals surface area contributed by atoms with Gasteiger partial charge in [-0.25, -0.2) is 4.98 Å². The van der Waals surface area contributed by atoms with Crippen molar-refractivity contribution in [1.29, 1.82) is 0 Å². The number of imidazole rings is 1. The minimum Gasteiger partial charge on any atom is -0.348 e. The van der Waals surface area contributed by atoms with E-state index in [0.717, 1.165) is 76.1 Å². The molecule has 0 radical (unpaired) electrons. The van der Waals surface area contributed by atoms with Gasteiger partial charge in [-0.15, -0.1) is 0 Å². The minimum atomic E-state index is -0.296. The third-order valence-electron chi connectivity index (χ3n) is 6.46. The lowest BCUT2D eigenvalue weighted by molar-refractivity contribution is -0.136. The van der Waals surface area contributed by atoms with Crippen molar-refractivity contribution in [2.75, 3.05) is 26.2 Å². The Morgan fingerprint density at radius 1 is 1.19 bits per heavy atom. The van der Waals surface area contributed by atoms with E-state index < -0.39 is 0 Å². The summed E-state index contributed by atoms with van der Waals surface area (Å²) in [4.78, 5) is 37.3. The number of aromatic amines is 1. The van der Waals surface area contributed by atoms with E-state index >= 15 is 0 Å². The number of aromatic nitrogens is 2. The number of amides is 2. The van der Waals surface area contributed by atoms with Crippen molar-refractivity contribution >= 4 is 11.8 Å². The molecule has 0 aliphatic carbocycles. The Hall–Kier alpha value is -1.89. The van der Waals surface area contributed by atoms with Crippen LogP contribution in [0.3, 0.4) is 0 Å². The van der Waals surface area contributed by atoms with Gasteiger partial charge in [0.05, 0.1) is 23.6 Å². The molecule has 4 heterocycles. The van der Waals surface area contributed by atoms with Crippen LogP contribution < -0.4 is 5.32 Å². The van der Waals surface area contributed by atoms with Crippen molar-refractivity contribution in [2.24, 2.45) is 0 Å². The number of nitrogens with one attached hydrogen (secondary N) is 2. The summed E-state index contributed by atoms with van der Waals surface area (Å²) in [7, 11) is 0. The largest absolute Gasteiger partial charge is 0.348 e. The molecule has 4 rings (SSSR count). The van der Waals surface area contributed by atoms with Crippen LogP contribution in [0.2, 0.25) is 0 Å². The van der Waals surface area contributed by atoms with Crippen molar-refractivity contribution < 1.29 is 9.59 Å². The normalized spacial score (nSPS) is 24.3. The highest BCUT2D eigenvalue weighted by atomic mass is 16.2. The number of piperidine rings is 1. The maximum atomic E-state index is 13.0. The Morgan fingerprint density at radius 3 is 2.63 bits per heavy atom. The van der Waals surface area contributed by atoms with Gasteiger partial charge in [-0.2, -0.15) is 0 Å². The van der Waals surface area contributed by atoms with Gasteiger partial charge in [0.2, 0.25) is 11.8 Å². The zero-order chi connectivity index (χ0) is 18.9. The van der Waals surface area contributed by atoms with E-state index in [1.807, 2.05) is 9.80 Å². The fourth-order valence-electron chi connectivity index (χ4n) is 4.86. The van der Waals surface area contributed by atoms with Crippen molar-refractivity contribution in [2.45, 2.75) is 69.9 Å². The Morgan fingerprint density at radius 2 is 1.93 bits per heavy atom. The van der Waals surface area contributed by atoms with Gasteiger partial charge in [0.1, 0.15) is 0 Å². The lowest BCUT2D eigenvalue weighted by Crippen LogP contribution is -2.62. The maximum Gasteiger partial charge on any atom is 0.240 e. The second kappa shape index (κ2) is 7.62. The monoisotopic (exact) mass is 373 g/mol. The van der Waals surface area contributed by atoms with Crippen molar-refractivity contribution in [1.82, 2.24) is 25.1 Å². The summed E-state index contributed by atoms with van der Waals surface area (Å²) in [5.41, 5.74) is 1.83. The van der Waals surface area contributed by atoms with Crippen molar-refractivity contribution in [3.8, 4) is 0 Å². The van der Waals surface area contributed by atoms with Crippen molar-refractivity contribution in [3.05, 3.63) is 17.7 Å². The van der Waals surface area contributed by atoms with Crippen LogP contribution >= 0.6 is 0 Å². The topological polar surface area (TPSA) is 81.3 Å². The third-order valence-corrected chi connectivity index (χ3v) is 6.46. The number of carbonyl (C=O) groups excluding carboxylic acids is 2. The molecule has 2 N–H and O–H groups in total. The third kappa shape index (κ3) is 3.49. The standard InChI is InChI=1S/C20H31N5O2/c1-2-3-6-17(26)24-11-7-20(8-12-24)18-15(21-14-22-18)13-16(23-20)19(27)25-9-4-5-10-25/h14,16,23H,2-13H2,1H3,(H,21,22)/t16-/m0/s1. The van der Waals surface area contributed by atoms with E-state index in [4.69, 9.17) is 0 Å². The Kier molecular flexibility index (Phi) is 5.21. The number of likely N-dealkylation sites (tertiary alicyclic amines) is 2. The molecule has 7 heteroatoms. The summed E-state index contributed by atoms with van der Waals surface area (Å²) in [6.45, 7) is 5.32. The summed E-state index contributed by atoms with van der Waals surface area (Å²) in [5, 5.41) is 3.68. The Bertz CT molecular complexity index is 686. The van der Waals surface area contributed by atoms with E-state index in [1.54, 1.807) is 6.33 Å². The van der Waals surface area contributed by atoms with Crippen LogP contribution in [0.15, 0.2) is 6.33 Å². The number of unbranched alkanes of at least 4 members (excludes halogenated alkanes) is 1. The van der Waals surface area contributed by atoms with Crippen LogP contribution in [-0.2, 0) is 21.5 Å². The molecular formula is C20H31N5O2. The van der Waals surface area contributed by atoms with Gasteiger partial charge >= 0.3 is 0 Å². The molecule has 1 aromatic heterocycles. The smallest absolute Gasteiger partial charge is 0.240 e. The van der Waals surface area contributed by atoms with Crippen LogP contribution in [0.25, 0.3) is 0 Å². The zero-order valence-electron chi connectivity index (χ0n) is 16.3. The number of hydrogen-bond donors (Lipinski definition) is 2. The molecule has 27 heavy (non-hydrogen) atoms. The fourth-order valence-corrected chi connectivity index (χ4v) is 4.86. The number of fused-ring (bicyclic) bond motifs is 2. The molecule has 1 spiro atoms. The van der Waals surface area contributed by atoms with Gasteiger partial charge in [-0.05, 0) is 32.1 Å². The number of carbonyl (C=O) groups is 2. The quantitative estimate of drug-likeness (QED) is 0.839. The zero-order valence-corrected chi connectivity index (χ0v) is 16.3. The fraction of sp³-hybridized carbons (Fsp3) is 0.750. The van der Waals surface area contributed by atoms with E-state index in [1.165, 1.54) is 0 Å².